The number of aromatic nitrogens is 1. The summed E-state index contributed by atoms with van der Waals surface area (Å²) in [5, 5.41) is 0. The minimum absolute atomic E-state index is 0.120. The van der Waals surface area contributed by atoms with Crippen molar-refractivity contribution in [2.24, 2.45) is 5.73 Å². The number of nitrogens with zero attached hydrogens (tertiary/aromatic N) is 2. The molecule has 112 valence electrons. The highest BCUT2D eigenvalue weighted by atomic mass is 32.2. The Morgan fingerprint density at radius 2 is 1.90 bits per heavy atom. The van der Waals surface area contributed by atoms with Gasteiger partial charge in [0.05, 0.1) is 5.75 Å². The van der Waals surface area contributed by atoms with Gasteiger partial charge < -0.3 is 5.73 Å². The van der Waals surface area contributed by atoms with Gasteiger partial charge in [-0.25, -0.2) is 8.42 Å². The zero-order chi connectivity index (χ0) is 14.6. The van der Waals surface area contributed by atoms with E-state index < -0.39 is 10.0 Å². The average molecular weight is 297 g/mol. The van der Waals surface area contributed by atoms with Gasteiger partial charge in [-0.3, -0.25) is 4.98 Å². The molecule has 0 aromatic carbocycles. The van der Waals surface area contributed by atoms with Crippen LogP contribution in [-0.2, 0) is 16.4 Å². The van der Waals surface area contributed by atoms with Gasteiger partial charge in [0, 0.05) is 31.5 Å². The van der Waals surface area contributed by atoms with Gasteiger partial charge in [-0.2, -0.15) is 4.31 Å². The molecule has 1 aromatic heterocycles. The Balaban J connectivity index is 2.06. The van der Waals surface area contributed by atoms with E-state index in [1.165, 1.54) is 4.31 Å². The Morgan fingerprint density at radius 3 is 2.45 bits per heavy atom. The SMILES string of the molecule is CN(C1(CN)CCCC1)S(=O)(=O)CCc1ccncc1. The second-order valence-electron chi connectivity index (χ2n) is 5.52. The van der Waals surface area contributed by atoms with Gasteiger partial charge >= 0.3 is 0 Å². The molecular formula is C14H23N3O2S. The zero-order valence-electron chi connectivity index (χ0n) is 12.0. The van der Waals surface area contributed by atoms with Crippen LogP contribution in [0.25, 0.3) is 0 Å². The summed E-state index contributed by atoms with van der Waals surface area (Å²) >= 11 is 0. The second-order valence-corrected chi connectivity index (χ2v) is 7.64. The number of rotatable bonds is 6. The van der Waals surface area contributed by atoms with Crippen LogP contribution in [0, 0.1) is 0 Å². The van der Waals surface area contributed by atoms with E-state index in [2.05, 4.69) is 4.98 Å². The van der Waals surface area contributed by atoms with Crippen molar-refractivity contribution < 1.29 is 8.42 Å². The first-order valence-electron chi connectivity index (χ1n) is 7.06. The first kappa shape index (κ1) is 15.4. The van der Waals surface area contributed by atoms with Crippen molar-refractivity contribution in [3.8, 4) is 0 Å². The molecule has 2 rings (SSSR count). The molecule has 0 saturated heterocycles. The van der Waals surface area contributed by atoms with Crippen LogP contribution in [0.15, 0.2) is 24.5 Å². The molecule has 1 aromatic rings. The molecule has 1 aliphatic rings. The lowest BCUT2D eigenvalue weighted by Crippen LogP contribution is -2.53. The third-order valence-corrected chi connectivity index (χ3v) is 6.34. The lowest BCUT2D eigenvalue weighted by atomic mass is 9.98. The highest BCUT2D eigenvalue weighted by Gasteiger charge is 2.41. The fourth-order valence-corrected chi connectivity index (χ4v) is 4.52. The molecule has 1 saturated carbocycles. The van der Waals surface area contributed by atoms with E-state index in [9.17, 15) is 8.42 Å². The van der Waals surface area contributed by atoms with E-state index in [1.54, 1.807) is 19.4 Å². The molecular weight excluding hydrogens is 274 g/mol. The smallest absolute Gasteiger partial charge is 0.214 e. The lowest BCUT2D eigenvalue weighted by Gasteiger charge is -2.36. The van der Waals surface area contributed by atoms with Crippen LogP contribution in [0.5, 0.6) is 0 Å². The summed E-state index contributed by atoms with van der Waals surface area (Å²) in [6, 6.07) is 3.70. The summed E-state index contributed by atoms with van der Waals surface area (Å²) in [4.78, 5) is 3.94. The molecule has 1 fully saturated rings. The molecule has 0 bridgehead atoms. The van der Waals surface area contributed by atoms with Crippen LogP contribution in [-0.4, -0.2) is 42.6 Å². The topological polar surface area (TPSA) is 76.3 Å². The summed E-state index contributed by atoms with van der Waals surface area (Å²) in [5.41, 5.74) is 6.49. The molecule has 0 atom stereocenters. The number of aryl methyl sites for hydroxylation is 1. The maximum Gasteiger partial charge on any atom is 0.214 e. The number of hydrogen-bond donors (Lipinski definition) is 1. The van der Waals surface area contributed by atoms with Gasteiger partial charge in [0.25, 0.3) is 0 Å². The van der Waals surface area contributed by atoms with E-state index in [0.29, 0.717) is 13.0 Å². The van der Waals surface area contributed by atoms with Gasteiger partial charge in [0.1, 0.15) is 0 Å². The van der Waals surface area contributed by atoms with Crippen LogP contribution in [0.1, 0.15) is 31.2 Å². The summed E-state index contributed by atoms with van der Waals surface area (Å²) < 4.78 is 26.6. The van der Waals surface area contributed by atoms with Crippen LogP contribution in [0.3, 0.4) is 0 Å². The van der Waals surface area contributed by atoms with Crippen molar-refractivity contribution in [2.45, 2.75) is 37.6 Å². The molecule has 0 amide bonds. The fraction of sp³-hybridized carbons (Fsp3) is 0.643. The van der Waals surface area contributed by atoms with E-state index in [0.717, 1.165) is 31.2 Å². The largest absolute Gasteiger partial charge is 0.329 e. The molecule has 0 aliphatic heterocycles. The molecule has 2 N–H and O–H groups in total. The molecule has 5 nitrogen and oxygen atoms in total. The zero-order valence-corrected chi connectivity index (χ0v) is 12.8. The predicted molar refractivity (Wildman–Crippen MR) is 79.7 cm³/mol. The van der Waals surface area contributed by atoms with Crippen molar-refractivity contribution in [1.82, 2.24) is 9.29 Å². The third-order valence-electron chi connectivity index (χ3n) is 4.40. The maximum absolute atomic E-state index is 12.5. The van der Waals surface area contributed by atoms with E-state index in [4.69, 9.17) is 5.73 Å². The first-order valence-corrected chi connectivity index (χ1v) is 8.67. The van der Waals surface area contributed by atoms with Crippen LogP contribution in [0.4, 0.5) is 0 Å². The second kappa shape index (κ2) is 6.20. The van der Waals surface area contributed by atoms with Gasteiger partial charge in [0.15, 0.2) is 0 Å². The summed E-state index contributed by atoms with van der Waals surface area (Å²) in [7, 11) is -1.60. The predicted octanol–water partition coefficient (Wildman–Crippen LogP) is 1.16. The van der Waals surface area contributed by atoms with Crippen LogP contribution < -0.4 is 5.73 Å². The monoisotopic (exact) mass is 297 g/mol. The number of nitrogens with two attached hydrogens (primary N) is 1. The molecule has 20 heavy (non-hydrogen) atoms. The maximum atomic E-state index is 12.5. The third kappa shape index (κ3) is 3.19. The molecule has 1 heterocycles. The minimum Gasteiger partial charge on any atom is -0.329 e. The van der Waals surface area contributed by atoms with Crippen molar-refractivity contribution >= 4 is 10.0 Å². The van der Waals surface area contributed by atoms with Crippen molar-refractivity contribution in [3.63, 3.8) is 0 Å². The van der Waals surface area contributed by atoms with Crippen LogP contribution in [0.2, 0.25) is 0 Å². The summed E-state index contributed by atoms with van der Waals surface area (Å²) in [6.07, 6.45) is 7.73. The number of likely N-dealkylation sites (N-methyl/N-ethyl adjacent to an activating group) is 1. The molecule has 6 heteroatoms. The quantitative estimate of drug-likeness (QED) is 0.855. The van der Waals surface area contributed by atoms with Gasteiger partial charge in [-0.05, 0) is 37.0 Å². The van der Waals surface area contributed by atoms with Crippen molar-refractivity contribution in [1.29, 1.82) is 0 Å². The van der Waals surface area contributed by atoms with E-state index in [1.807, 2.05) is 12.1 Å². The average Bonchev–Trinajstić information content (AvgIpc) is 2.95. The molecule has 0 unspecified atom stereocenters. The minimum atomic E-state index is -3.28. The van der Waals surface area contributed by atoms with Crippen molar-refractivity contribution in [2.75, 3.05) is 19.3 Å². The highest BCUT2D eigenvalue weighted by Crippen LogP contribution is 2.35. The lowest BCUT2D eigenvalue weighted by molar-refractivity contribution is 0.230. The number of pyridine rings is 1. The Labute approximate surface area is 121 Å². The van der Waals surface area contributed by atoms with E-state index >= 15 is 0 Å². The van der Waals surface area contributed by atoms with Gasteiger partial charge in [-0.1, -0.05) is 12.8 Å². The standard InChI is InChI=1S/C14H23N3O2S/c1-17(14(12-15)7-2-3-8-14)20(18,19)11-6-13-4-9-16-10-5-13/h4-5,9-10H,2-3,6-8,11-12,15H2,1H3. The highest BCUT2D eigenvalue weighted by molar-refractivity contribution is 7.89. The van der Waals surface area contributed by atoms with Gasteiger partial charge in [0.2, 0.25) is 10.0 Å². The van der Waals surface area contributed by atoms with Crippen LogP contribution >= 0.6 is 0 Å². The summed E-state index contributed by atoms with van der Waals surface area (Å²) in [5.74, 6) is 0.120. The Bertz CT molecular complexity index is 525. The molecule has 1 aliphatic carbocycles. The fourth-order valence-electron chi connectivity index (χ4n) is 2.91. The normalized spacial score (nSPS) is 18.6. The number of sulfonamides is 1. The van der Waals surface area contributed by atoms with Crippen molar-refractivity contribution in [3.05, 3.63) is 30.1 Å². The van der Waals surface area contributed by atoms with Gasteiger partial charge in [-0.15, -0.1) is 0 Å². The Kier molecular flexibility index (Phi) is 4.78. The first-order chi connectivity index (χ1) is 9.50. The Hall–Kier alpha value is -0.980. The Morgan fingerprint density at radius 1 is 1.30 bits per heavy atom. The molecule has 0 spiro atoms. The van der Waals surface area contributed by atoms with E-state index in [-0.39, 0.29) is 11.3 Å². The number of hydrogen-bond acceptors (Lipinski definition) is 4. The molecule has 0 radical (unpaired) electrons. The summed E-state index contributed by atoms with van der Waals surface area (Å²) in [6.45, 7) is 0.401.